The monoisotopic (exact) mass is 164 g/mol. The summed E-state index contributed by atoms with van der Waals surface area (Å²) in [6.45, 7) is 3.97. The van der Waals surface area contributed by atoms with E-state index in [1.165, 1.54) is 0 Å². The summed E-state index contributed by atoms with van der Waals surface area (Å²) in [5.41, 5.74) is -0.239. The van der Waals surface area contributed by atoms with Crippen LogP contribution in [0.3, 0.4) is 0 Å². The van der Waals surface area contributed by atoms with E-state index in [-0.39, 0.29) is 11.3 Å². The third-order valence-electron chi connectivity index (χ3n) is 2.80. The zero-order valence-corrected chi connectivity index (χ0v) is 7.89. The standard InChI is InChI=1S/C11H16O/c1-4-11(2,3)9-7-5-6-8-10(9)12/h1,9H,5-8H2,2-3H3. The lowest BCUT2D eigenvalue weighted by Crippen LogP contribution is -2.32. The maximum Gasteiger partial charge on any atom is 0.137 e. The van der Waals surface area contributed by atoms with Gasteiger partial charge in [0, 0.05) is 17.8 Å². The second kappa shape index (κ2) is 3.31. The van der Waals surface area contributed by atoms with Crippen LogP contribution in [0.4, 0.5) is 0 Å². The summed E-state index contributed by atoms with van der Waals surface area (Å²) in [7, 11) is 0. The van der Waals surface area contributed by atoms with Gasteiger partial charge in [-0.25, -0.2) is 0 Å². The van der Waals surface area contributed by atoms with Crippen molar-refractivity contribution in [3.8, 4) is 12.3 Å². The van der Waals surface area contributed by atoms with Crippen molar-refractivity contribution in [3.63, 3.8) is 0 Å². The molecule has 0 radical (unpaired) electrons. The minimum Gasteiger partial charge on any atom is -0.299 e. The van der Waals surface area contributed by atoms with Crippen molar-refractivity contribution in [2.75, 3.05) is 0 Å². The smallest absolute Gasteiger partial charge is 0.137 e. The molecule has 1 aliphatic rings. The number of carbonyl (C=O) groups excluding carboxylic acids is 1. The number of carbonyl (C=O) groups is 1. The molecule has 1 saturated carbocycles. The Balaban J connectivity index is 2.73. The number of terminal acetylenes is 1. The molecule has 0 saturated heterocycles. The summed E-state index contributed by atoms with van der Waals surface area (Å²) in [6.07, 6.45) is 9.32. The summed E-state index contributed by atoms with van der Waals surface area (Å²) in [5.74, 6) is 3.19. The SMILES string of the molecule is C#CC(C)(C)C1CCCCC1=O. The number of rotatable bonds is 1. The molecule has 1 nitrogen and oxygen atoms in total. The largest absolute Gasteiger partial charge is 0.299 e. The van der Waals surface area contributed by atoms with Crippen molar-refractivity contribution in [1.29, 1.82) is 0 Å². The van der Waals surface area contributed by atoms with Crippen molar-refractivity contribution >= 4 is 5.78 Å². The zero-order chi connectivity index (χ0) is 9.19. The summed E-state index contributed by atoms with van der Waals surface area (Å²) < 4.78 is 0. The Kier molecular flexibility index (Phi) is 2.57. The van der Waals surface area contributed by atoms with Gasteiger partial charge in [0.2, 0.25) is 0 Å². The number of hydrogen-bond donors (Lipinski definition) is 0. The Morgan fingerprint density at radius 1 is 1.50 bits per heavy atom. The molecule has 0 aromatic carbocycles. The Hall–Kier alpha value is -0.770. The lowest BCUT2D eigenvalue weighted by Gasteiger charge is -2.31. The molecule has 0 bridgehead atoms. The highest BCUT2D eigenvalue weighted by atomic mass is 16.1. The topological polar surface area (TPSA) is 17.1 Å². The van der Waals surface area contributed by atoms with E-state index in [4.69, 9.17) is 6.42 Å². The van der Waals surface area contributed by atoms with E-state index in [9.17, 15) is 4.79 Å². The molecule has 0 aliphatic heterocycles. The van der Waals surface area contributed by atoms with Crippen LogP contribution in [0.5, 0.6) is 0 Å². The van der Waals surface area contributed by atoms with Crippen molar-refractivity contribution in [1.82, 2.24) is 0 Å². The highest BCUT2D eigenvalue weighted by Crippen LogP contribution is 2.35. The molecular weight excluding hydrogens is 148 g/mol. The van der Waals surface area contributed by atoms with Crippen LogP contribution in [0.2, 0.25) is 0 Å². The fourth-order valence-electron chi connectivity index (χ4n) is 1.85. The van der Waals surface area contributed by atoms with Gasteiger partial charge in [-0.3, -0.25) is 4.79 Å². The van der Waals surface area contributed by atoms with Gasteiger partial charge < -0.3 is 0 Å². The molecule has 0 heterocycles. The average molecular weight is 164 g/mol. The maximum atomic E-state index is 11.5. The van der Waals surface area contributed by atoms with Crippen molar-refractivity contribution in [3.05, 3.63) is 0 Å². The van der Waals surface area contributed by atoms with Crippen LogP contribution in [0.25, 0.3) is 0 Å². The first-order chi connectivity index (χ1) is 5.58. The lowest BCUT2D eigenvalue weighted by molar-refractivity contribution is -0.127. The maximum absolute atomic E-state index is 11.5. The molecule has 0 spiro atoms. The number of Topliss-reactive ketones (excluding diaryl/α,β-unsaturated/α-hetero) is 1. The van der Waals surface area contributed by atoms with Gasteiger partial charge in [-0.1, -0.05) is 12.3 Å². The highest BCUT2D eigenvalue weighted by molar-refractivity contribution is 5.82. The van der Waals surface area contributed by atoms with Crippen LogP contribution in [0, 0.1) is 23.7 Å². The highest BCUT2D eigenvalue weighted by Gasteiger charge is 2.34. The third-order valence-corrected chi connectivity index (χ3v) is 2.80. The van der Waals surface area contributed by atoms with Crippen molar-refractivity contribution < 1.29 is 4.79 Å². The van der Waals surface area contributed by atoms with E-state index >= 15 is 0 Å². The molecule has 1 fully saturated rings. The van der Waals surface area contributed by atoms with Crippen LogP contribution < -0.4 is 0 Å². The van der Waals surface area contributed by atoms with E-state index in [0.29, 0.717) is 5.78 Å². The molecule has 1 heteroatoms. The molecule has 0 aromatic heterocycles. The molecule has 0 aromatic rings. The van der Waals surface area contributed by atoms with E-state index < -0.39 is 0 Å². The van der Waals surface area contributed by atoms with Gasteiger partial charge in [0.15, 0.2) is 0 Å². The van der Waals surface area contributed by atoms with Gasteiger partial charge in [0.1, 0.15) is 5.78 Å². The van der Waals surface area contributed by atoms with Gasteiger partial charge in [0.05, 0.1) is 0 Å². The van der Waals surface area contributed by atoms with E-state index in [1.54, 1.807) is 0 Å². The molecule has 0 amide bonds. The summed E-state index contributed by atoms with van der Waals surface area (Å²) in [5, 5.41) is 0. The minimum atomic E-state index is -0.239. The van der Waals surface area contributed by atoms with Crippen molar-refractivity contribution in [2.24, 2.45) is 11.3 Å². The minimum absolute atomic E-state index is 0.108. The van der Waals surface area contributed by atoms with Crippen LogP contribution >= 0.6 is 0 Å². The molecule has 1 rings (SSSR count). The van der Waals surface area contributed by atoms with Crippen LogP contribution in [-0.4, -0.2) is 5.78 Å². The Morgan fingerprint density at radius 3 is 2.67 bits per heavy atom. The fourth-order valence-corrected chi connectivity index (χ4v) is 1.85. The first-order valence-corrected chi connectivity index (χ1v) is 4.58. The molecule has 0 N–H and O–H groups in total. The quantitative estimate of drug-likeness (QED) is 0.544. The number of hydrogen-bond acceptors (Lipinski definition) is 1. The van der Waals surface area contributed by atoms with Gasteiger partial charge in [-0.15, -0.1) is 6.42 Å². The van der Waals surface area contributed by atoms with Crippen molar-refractivity contribution in [2.45, 2.75) is 39.5 Å². The Morgan fingerprint density at radius 2 is 2.17 bits per heavy atom. The van der Waals surface area contributed by atoms with Gasteiger partial charge in [-0.05, 0) is 26.7 Å². The normalized spacial score (nSPS) is 25.1. The van der Waals surface area contributed by atoms with Crippen LogP contribution in [0.1, 0.15) is 39.5 Å². The Bertz CT molecular complexity index is 220. The molecule has 66 valence electrons. The number of ketones is 1. The second-order valence-corrected chi connectivity index (χ2v) is 4.13. The molecule has 12 heavy (non-hydrogen) atoms. The van der Waals surface area contributed by atoms with Crippen LogP contribution in [0.15, 0.2) is 0 Å². The van der Waals surface area contributed by atoms with Crippen LogP contribution in [-0.2, 0) is 4.79 Å². The molecule has 1 aliphatic carbocycles. The van der Waals surface area contributed by atoms with E-state index in [0.717, 1.165) is 25.7 Å². The predicted octanol–water partition coefficient (Wildman–Crippen LogP) is 2.41. The second-order valence-electron chi connectivity index (χ2n) is 4.13. The van der Waals surface area contributed by atoms with Gasteiger partial charge in [0.25, 0.3) is 0 Å². The Labute approximate surface area is 74.5 Å². The molecular formula is C11H16O. The first-order valence-electron chi connectivity index (χ1n) is 4.58. The van der Waals surface area contributed by atoms with E-state index in [1.807, 2.05) is 13.8 Å². The van der Waals surface area contributed by atoms with E-state index in [2.05, 4.69) is 5.92 Å². The summed E-state index contributed by atoms with van der Waals surface area (Å²) in [6, 6.07) is 0. The van der Waals surface area contributed by atoms with Gasteiger partial charge in [-0.2, -0.15) is 0 Å². The summed E-state index contributed by atoms with van der Waals surface area (Å²) >= 11 is 0. The predicted molar refractivity (Wildman–Crippen MR) is 49.6 cm³/mol. The van der Waals surface area contributed by atoms with Gasteiger partial charge >= 0.3 is 0 Å². The zero-order valence-electron chi connectivity index (χ0n) is 7.89. The fraction of sp³-hybridized carbons (Fsp3) is 0.727. The average Bonchev–Trinajstić information content (AvgIpc) is 2.05. The third kappa shape index (κ3) is 1.69. The molecule has 1 atom stereocenters. The summed E-state index contributed by atoms with van der Waals surface area (Å²) in [4.78, 5) is 11.5. The first kappa shape index (κ1) is 9.32. The lowest BCUT2D eigenvalue weighted by atomic mass is 9.71. The molecule has 1 unspecified atom stereocenters.